The first-order valence-electron chi connectivity index (χ1n) is 6.67. The summed E-state index contributed by atoms with van der Waals surface area (Å²) >= 11 is 5.72. The molecule has 0 aromatic heterocycles. The van der Waals surface area contributed by atoms with Crippen LogP contribution in [0.25, 0.3) is 0 Å². The van der Waals surface area contributed by atoms with Gasteiger partial charge in [0.05, 0.1) is 4.90 Å². The molecule has 2 aromatic carbocycles. The monoisotopic (exact) mass is 337 g/mol. The Morgan fingerprint density at radius 2 is 1.64 bits per heavy atom. The van der Waals surface area contributed by atoms with E-state index in [1.807, 2.05) is 31.2 Å². The highest BCUT2D eigenvalue weighted by atomic mass is 35.5. The molecule has 0 radical (unpaired) electrons. The number of nitrogens with one attached hydrogen (secondary N) is 1. The van der Waals surface area contributed by atoms with E-state index in [-0.39, 0.29) is 4.90 Å². The summed E-state index contributed by atoms with van der Waals surface area (Å²) in [6, 6.07) is 13.4. The number of amides is 1. The van der Waals surface area contributed by atoms with Crippen LogP contribution in [0.15, 0.2) is 53.4 Å². The molecule has 0 fully saturated rings. The summed E-state index contributed by atoms with van der Waals surface area (Å²) < 4.78 is 24.2. The zero-order chi connectivity index (χ0) is 16.2. The fourth-order valence-electron chi connectivity index (χ4n) is 1.86. The molecule has 6 heteroatoms. The van der Waals surface area contributed by atoms with Gasteiger partial charge in [-0.2, -0.15) is 0 Å². The van der Waals surface area contributed by atoms with Crippen LogP contribution in [-0.4, -0.2) is 20.1 Å². The van der Waals surface area contributed by atoms with Crippen molar-refractivity contribution in [2.75, 3.05) is 5.75 Å². The highest BCUT2D eigenvalue weighted by Crippen LogP contribution is 2.15. The maximum Gasteiger partial charge on any atom is 0.235 e. The van der Waals surface area contributed by atoms with Crippen LogP contribution in [0.5, 0.6) is 0 Å². The number of benzene rings is 2. The molecule has 4 nitrogen and oxygen atoms in total. The van der Waals surface area contributed by atoms with Gasteiger partial charge in [-0.25, -0.2) is 8.42 Å². The van der Waals surface area contributed by atoms with Crippen molar-refractivity contribution < 1.29 is 13.2 Å². The van der Waals surface area contributed by atoms with E-state index >= 15 is 0 Å². The fourth-order valence-corrected chi connectivity index (χ4v) is 3.15. The molecule has 0 aliphatic carbocycles. The van der Waals surface area contributed by atoms with Crippen molar-refractivity contribution >= 4 is 27.3 Å². The Labute approximate surface area is 135 Å². The van der Waals surface area contributed by atoms with Gasteiger partial charge < -0.3 is 5.32 Å². The summed E-state index contributed by atoms with van der Waals surface area (Å²) in [5.41, 5.74) is 2.04. The molecule has 0 unspecified atom stereocenters. The molecule has 0 aliphatic rings. The van der Waals surface area contributed by atoms with Crippen molar-refractivity contribution in [3.63, 3.8) is 0 Å². The number of sulfone groups is 1. The topological polar surface area (TPSA) is 63.2 Å². The number of halogens is 1. The van der Waals surface area contributed by atoms with Crippen LogP contribution >= 0.6 is 11.6 Å². The predicted octanol–water partition coefficient (Wildman–Crippen LogP) is 2.74. The Kier molecular flexibility index (Phi) is 5.21. The van der Waals surface area contributed by atoms with Gasteiger partial charge in [-0.15, -0.1) is 0 Å². The summed E-state index contributed by atoms with van der Waals surface area (Å²) in [5, 5.41) is 3.06. The summed E-state index contributed by atoms with van der Waals surface area (Å²) in [7, 11) is -3.66. The molecule has 0 saturated heterocycles. The normalized spacial score (nSPS) is 11.2. The molecule has 0 aliphatic heterocycles. The summed E-state index contributed by atoms with van der Waals surface area (Å²) in [6.45, 7) is 2.27. The Morgan fingerprint density at radius 3 is 2.23 bits per heavy atom. The lowest BCUT2D eigenvalue weighted by Gasteiger charge is -2.07. The lowest BCUT2D eigenvalue weighted by molar-refractivity contribution is -0.118. The van der Waals surface area contributed by atoms with Gasteiger partial charge in [-0.1, -0.05) is 41.4 Å². The van der Waals surface area contributed by atoms with E-state index in [1.54, 1.807) is 0 Å². The average Bonchev–Trinajstić information content (AvgIpc) is 2.46. The molecule has 0 spiro atoms. The minimum absolute atomic E-state index is 0.0855. The molecule has 0 bridgehead atoms. The molecule has 0 heterocycles. The third kappa shape index (κ3) is 4.58. The molecule has 0 saturated carbocycles. The number of hydrogen-bond donors (Lipinski definition) is 1. The van der Waals surface area contributed by atoms with Gasteiger partial charge in [0, 0.05) is 11.6 Å². The number of rotatable bonds is 5. The van der Waals surface area contributed by atoms with Crippen molar-refractivity contribution in [2.24, 2.45) is 0 Å². The number of hydrogen-bond acceptors (Lipinski definition) is 3. The number of carbonyl (C=O) groups is 1. The van der Waals surface area contributed by atoms with Crippen molar-refractivity contribution in [3.05, 3.63) is 64.7 Å². The SMILES string of the molecule is Cc1ccc(CNC(=O)CS(=O)(=O)c2ccc(Cl)cc2)cc1. The van der Waals surface area contributed by atoms with Crippen molar-refractivity contribution in [2.45, 2.75) is 18.4 Å². The van der Waals surface area contributed by atoms with E-state index in [0.29, 0.717) is 11.6 Å². The van der Waals surface area contributed by atoms with Crippen LogP contribution in [0.2, 0.25) is 5.02 Å². The molecular formula is C16H16ClNO3S. The average molecular weight is 338 g/mol. The Bertz CT molecular complexity index is 753. The van der Waals surface area contributed by atoms with Gasteiger partial charge in [-0.3, -0.25) is 4.79 Å². The fraction of sp³-hybridized carbons (Fsp3) is 0.188. The summed E-state index contributed by atoms with van der Waals surface area (Å²) in [4.78, 5) is 11.9. The van der Waals surface area contributed by atoms with E-state index in [9.17, 15) is 13.2 Å². The highest BCUT2D eigenvalue weighted by molar-refractivity contribution is 7.92. The molecule has 1 N–H and O–H groups in total. The zero-order valence-electron chi connectivity index (χ0n) is 12.0. The molecule has 1 amide bonds. The molecule has 116 valence electrons. The van der Waals surface area contributed by atoms with E-state index in [4.69, 9.17) is 11.6 Å². The second-order valence-electron chi connectivity index (χ2n) is 4.98. The van der Waals surface area contributed by atoms with Gasteiger partial charge in [0.1, 0.15) is 5.75 Å². The maximum absolute atomic E-state index is 12.1. The summed E-state index contributed by atoms with van der Waals surface area (Å²) in [5.74, 6) is -1.11. The van der Waals surface area contributed by atoms with Crippen molar-refractivity contribution in [3.8, 4) is 0 Å². The Hall–Kier alpha value is -1.85. The largest absolute Gasteiger partial charge is 0.351 e. The second kappa shape index (κ2) is 6.94. The van der Waals surface area contributed by atoms with Crippen molar-refractivity contribution in [1.29, 1.82) is 0 Å². The van der Waals surface area contributed by atoms with E-state index in [1.165, 1.54) is 24.3 Å². The maximum atomic E-state index is 12.1. The van der Waals surface area contributed by atoms with Crippen LogP contribution in [-0.2, 0) is 21.2 Å². The molecule has 2 aromatic rings. The summed E-state index contributed by atoms with van der Waals surface area (Å²) in [6.07, 6.45) is 0. The number of carbonyl (C=O) groups excluding carboxylic acids is 1. The van der Waals surface area contributed by atoms with Crippen LogP contribution in [0, 0.1) is 6.92 Å². The minimum Gasteiger partial charge on any atom is -0.351 e. The van der Waals surface area contributed by atoms with Crippen LogP contribution in [0.3, 0.4) is 0 Å². The van der Waals surface area contributed by atoms with Gasteiger partial charge in [-0.05, 0) is 36.8 Å². The van der Waals surface area contributed by atoms with E-state index in [2.05, 4.69) is 5.32 Å². The van der Waals surface area contributed by atoms with Gasteiger partial charge >= 0.3 is 0 Å². The quantitative estimate of drug-likeness (QED) is 0.912. The van der Waals surface area contributed by atoms with Crippen molar-refractivity contribution in [1.82, 2.24) is 5.32 Å². The lowest BCUT2D eigenvalue weighted by atomic mass is 10.1. The van der Waals surface area contributed by atoms with Crippen LogP contribution < -0.4 is 5.32 Å². The van der Waals surface area contributed by atoms with Gasteiger partial charge in [0.15, 0.2) is 9.84 Å². The Balaban J connectivity index is 1.96. The van der Waals surface area contributed by atoms with Crippen LogP contribution in [0.4, 0.5) is 0 Å². The standard InChI is InChI=1S/C16H16ClNO3S/c1-12-2-4-13(5-3-12)10-18-16(19)11-22(20,21)15-8-6-14(17)7-9-15/h2-9H,10-11H2,1H3,(H,18,19). The third-order valence-electron chi connectivity index (χ3n) is 3.10. The Morgan fingerprint density at radius 1 is 1.05 bits per heavy atom. The predicted molar refractivity (Wildman–Crippen MR) is 86.5 cm³/mol. The smallest absolute Gasteiger partial charge is 0.235 e. The third-order valence-corrected chi connectivity index (χ3v) is 4.99. The minimum atomic E-state index is -3.66. The molecule has 22 heavy (non-hydrogen) atoms. The van der Waals surface area contributed by atoms with Gasteiger partial charge in [0.25, 0.3) is 0 Å². The first-order chi connectivity index (χ1) is 10.4. The molecule has 2 rings (SSSR count). The van der Waals surface area contributed by atoms with E-state index in [0.717, 1.165) is 11.1 Å². The first-order valence-corrected chi connectivity index (χ1v) is 8.70. The zero-order valence-corrected chi connectivity index (χ0v) is 13.6. The van der Waals surface area contributed by atoms with Crippen LogP contribution in [0.1, 0.15) is 11.1 Å². The number of aryl methyl sites for hydroxylation is 1. The van der Waals surface area contributed by atoms with Gasteiger partial charge in [0.2, 0.25) is 5.91 Å². The lowest BCUT2D eigenvalue weighted by Crippen LogP contribution is -2.29. The molecular weight excluding hydrogens is 322 g/mol. The highest BCUT2D eigenvalue weighted by Gasteiger charge is 2.19. The molecule has 0 atom stereocenters. The first kappa shape index (κ1) is 16.5. The second-order valence-corrected chi connectivity index (χ2v) is 7.40. The van der Waals surface area contributed by atoms with E-state index < -0.39 is 21.5 Å².